The van der Waals surface area contributed by atoms with Gasteiger partial charge >= 0.3 is 6.09 Å². The molecule has 2 bridgehead atoms. The molecule has 1 atom stereocenters. The van der Waals surface area contributed by atoms with Crippen molar-refractivity contribution < 1.29 is 18.7 Å². The van der Waals surface area contributed by atoms with Crippen molar-refractivity contribution in [3.63, 3.8) is 0 Å². The molecule has 0 aliphatic carbocycles. The molecule has 220 valence electrons. The number of nitrogens with one attached hydrogen (secondary N) is 4. The lowest BCUT2D eigenvalue weighted by Crippen LogP contribution is -2.28. The van der Waals surface area contributed by atoms with Crippen LogP contribution in [0.3, 0.4) is 0 Å². The van der Waals surface area contributed by atoms with Gasteiger partial charge in [0.15, 0.2) is 5.82 Å². The van der Waals surface area contributed by atoms with Crippen LogP contribution >= 0.6 is 11.6 Å². The highest BCUT2D eigenvalue weighted by Gasteiger charge is 2.23. The van der Waals surface area contributed by atoms with Gasteiger partial charge in [-0.15, -0.1) is 5.10 Å². The number of halogens is 2. The second-order valence-corrected chi connectivity index (χ2v) is 9.96. The summed E-state index contributed by atoms with van der Waals surface area (Å²) in [4.78, 5) is 32.6. The van der Waals surface area contributed by atoms with Crippen LogP contribution in [-0.4, -0.2) is 55.8 Å². The first-order valence-corrected chi connectivity index (χ1v) is 13.7. The normalized spacial score (nSPS) is 14.9. The minimum atomic E-state index is -0.726. The van der Waals surface area contributed by atoms with Crippen molar-refractivity contribution in [1.29, 1.82) is 5.26 Å². The van der Waals surface area contributed by atoms with E-state index in [1.54, 1.807) is 24.3 Å². The van der Waals surface area contributed by atoms with Gasteiger partial charge in [0.2, 0.25) is 5.91 Å². The van der Waals surface area contributed by atoms with Crippen LogP contribution in [0.15, 0.2) is 42.7 Å². The number of aromatic nitrogens is 6. The van der Waals surface area contributed by atoms with Gasteiger partial charge in [-0.2, -0.15) is 9.94 Å². The highest BCUT2D eigenvalue weighted by Crippen LogP contribution is 2.34. The molecule has 13 nitrogen and oxygen atoms in total. The molecule has 0 fully saturated rings. The number of anilines is 2. The molecule has 0 spiro atoms. The third-order valence-corrected chi connectivity index (χ3v) is 7.07. The number of H-pyrrole nitrogens is 1. The minimum absolute atomic E-state index is 0.0332. The highest BCUT2D eigenvalue weighted by molar-refractivity contribution is 6.31. The number of fused-ring (bicyclic) bond motifs is 4. The Balaban J connectivity index is 1.44. The molecule has 2 aromatic heterocycles. The van der Waals surface area contributed by atoms with Crippen molar-refractivity contribution in [2.75, 3.05) is 24.3 Å². The third-order valence-electron chi connectivity index (χ3n) is 6.78. The van der Waals surface area contributed by atoms with E-state index < -0.39 is 23.9 Å². The summed E-state index contributed by atoms with van der Waals surface area (Å²) in [5, 5.41) is 29.7. The lowest BCUT2D eigenvalue weighted by molar-refractivity contribution is -0.117. The Morgan fingerprint density at radius 1 is 1.26 bits per heavy atom. The van der Waals surface area contributed by atoms with Gasteiger partial charge in [-0.05, 0) is 59.7 Å². The van der Waals surface area contributed by atoms with Crippen LogP contribution < -0.4 is 16.0 Å². The van der Waals surface area contributed by atoms with Crippen LogP contribution in [0.2, 0.25) is 5.02 Å². The maximum Gasteiger partial charge on any atom is 0.411 e. The Morgan fingerprint density at radius 3 is 2.88 bits per heavy atom. The number of rotatable bonds is 5. The maximum atomic E-state index is 15.0. The standard InChI is InChI=1S/C28H26ClFN10O3/c1-43-28(42)34-16-6-7-17-21(13-16)32-12-4-2-3-5-20(27-36-22(14-31)26(17)37-27)35-24(41)11-8-18-23(40-15-33-38-39-40)10-9-19(29)25(18)30/h6-11,13,15,20,32H,2-5,12H2,1H3,(H,34,42)(H,35,41)(H,36,37)/b11-8+/t20-/m0/s1. The average Bonchev–Trinajstić information content (AvgIpc) is 3.69. The van der Waals surface area contributed by atoms with Gasteiger partial charge in [-0.1, -0.05) is 24.4 Å². The summed E-state index contributed by atoms with van der Waals surface area (Å²) in [6, 6.07) is 9.69. The number of hydrogen-bond acceptors (Lipinski definition) is 9. The number of tetrazole rings is 1. The first-order valence-electron chi connectivity index (χ1n) is 13.3. The second kappa shape index (κ2) is 13.1. The van der Waals surface area contributed by atoms with Crippen LogP contribution in [0.4, 0.5) is 20.6 Å². The molecule has 0 saturated heterocycles. The predicted molar refractivity (Wildman–Crippen MR) is 156 cm³/mol. The number of nitrogens with zero attached hydrogens (tertiary/aromatic N) is 6. The second-order valence-electron chi connectivity index (χ2n) is 9.55. The number of amides is 2. The van der Waals surface area contributed by atoms with Crippen LogP contribution in [0, 0.1) is 17.1 Å². The smallest absolute Gasteiger partial charge is 0.411 e. The number of aromatic amines is 1. The summed E-state index contributed by atoms with van der Waals surface area (Å²) >= 11 is 5.99. The van der Waals surface area contributed by atoms with Crippen molar-refractivity contribution in [3.05, 3.63) is 70.7 Å². The number of benzene rings is 2. The molecular formula is C28H26ClFN10O3. The summed E-state index contributed by atoms with van der Waals surface area (Å²) in [7, 11) is 1.28. The predicted octanol–water partition coefficient (Wildman–Crippen LogP) is 4.75. The van der Waals surface area contributed by atoms with Crippen LogP contribution in [0.25, 0.3) is 23.0 Å². The Labute approximate surface area is 250 Å². The van der Waals surface area contributed by atoms with E-state index in [1.165, 1.54) is 36.3 Å². The van der Waals surface area contributed by atoms with Gasteiger partial charge in [0.1, 0.15) is 29.6 Å². The van der Waals surface area contributed by atoms with E-state index in [9.17, 15) is 19.2 Å². The fraction of sp³-hybridized carbons (Fsp3) is 0.250. The third kappa shape index (κ3) is 6.62. The van der Waals surface area contributed by atoms with E-state index in [2.05, 4.69) is 47.3 Å². The molecule has 4 aromatic rings. The van der Waals surface area contributed by atoms with E-state index >= 15 is 0 Å². The Bertz CT molecular complexity index is 1710. The van der Waals surface area contributed by atoms with Gasteiger partial charge in [0.25, 0.3) is 0 Å². The molecule has 0 radical (unpaired) electrons. The van der Waals surface area contributed by atoms with Gasteiger partial charge in [0, 0.05) is 35.1 Å². The maximum absolute atomic E-state index is 15.0. The van der Waals surface area contributed by atoms with Crippen molar-refractivity contribution in [3.8, 4) is 23.0 Å². The van der Waals surface area contributed by atoms with Gasteiger partial charge in [0.05, 0.1) is 23.9 Å². The molecule has 3 heterocycles. The summed E-state index contributed by atoms with van der Waals surface area (Å²) < 4.78 is 20.9. The summed E-state index contributed by atoms with van der Waals surface area (Å²) in [6.45, 7) is 0.641. The Kier molecular flexibility index (Phi) is 8.92. The van der Waals surface area contributed by atoms with Crippen LogP contribution in [-0.2, 0) is 9.53 Å². The van der Waals surface area contributed by atoms with Gasteiger partial charge in [-0.3, -0.25) is 10.1 Å². The Hall–Kier alpha value is -5.29. The number of nitriles is 1. The Morgan fingerprint density at radius 2 is 2.12 bits per heavy atom. The van der Waals surface area contributed by atoms with E-state index in [4.69, 9.17) is 16.6 Å². The zero-order valence-corrected chi connectivity index (χ0v) is 23.7. The molecule has 4 N–H and O–H groups in total. The monoisotopic (exact) mass is 604 g/mol. The van der Waals surface area contributed by atoms with Gasteiger partial charge in [-0.25, -0.2) is 14.2 Å². The molecule has 0 saturated carbocycles. The van der Waals surface area contributed by atoms with E-state index in [1.807, 2.05) is 0 Å². The number of carbonyl (C=O) groups is 2. The molecular weight excluding hydrogens is 579 g/mol. The molecule has 0 unspecified atom stereocenters. The van der Waals surface area contributed by atoms with Gasteiger partial charge < -0.3 is 20.4 Å². The van der Waals surface area contributed by atoms with E-state index in [-0.39, 0.29) is 16.3 Å². The van der Waals surface area contributed by atoms with Crippen molar-refractivity contribution in [1.82, 2.24) is 35.5 Å². The summed E-state index contributed by atoms with van der Waals surface area (Å²) in [5.41, 5.74) is 2.77. The van der Waals surface area contributed by atoms with Crippen molar-refractivity contribution in [2.45, 2.75) is 31.7 Å². The molecule has 1 aliphatic heterocycles. The summed E-state index contributed by atoms with van der Waals surface area (Å²) in [6.07, 6.45) is 6.20. The topological polar surface area (TPSA) is 176 Å². The van der Waals surface area contributed by atoms with Crippen LogP contribution in [0.1, 0.15) is 48.8 Å². The van der Waals surface area contributed by atoms with Crippen LogP contribution in [0.5, 0.6) is 0 Å². The quantitative estimate of drug-likeness (QED) is 0.234. The number of hydrogen-bond donors (Lipinski definition) is 4. The van der Waals surface area contributed by atoms with E-state index in [0.29, 0.717) is 47.1 Å². The molecule has 1 aliphatic rings. The molecule has 15 heteroatoms. The zero-order chi connectivity index (χ0) is 30.3. The highest BCUT2D eigenvalue weighted by atomic mass is 35.5. The molecule has 2 aromatic carbocycles. The van der Waals surface area contributed by atoms with E-state index in [0.717, 1.165) is 19.3 Å². The van der Waals surface area contributed by atoms with Crippen molar-refractivity contribution in [2.24, 2.45) is 0 Å². The lowest BCUT2D eigenvalue weighted by atomic mass is 10.0. The number of imidazole rings is 1. The number of carbonyl (C=O) groups excluding carboxylic acids is 2. The number of ether oxygens (including phenoxy) is 1. The molecule has 5 rings (SSSR count). The average molecular weight is 605 g/mol. The summed E-state index contributed by atoms with van der Waals surface area (Å²) in [5.74, 6) is -0.827. The molecule has 43 heavy (non-hydrogen) atoms. The number of methoxy groups -OCH3 is 1. The zero-order valence-electron chi connectivity index (χ0n) is 22.9. The largest absolute Gasteiger partial charge is 0.453 e. The van der Waals surface area contributed by atoms with Crippen molar-refractivity contribution >= 4 is 41.1 Å². The lowest BCUT2D eigenvalue weighted by Gasteiger charge is -2.17. The first-order chi connectivity index (χ1) is 20.9. The SMILES string of the molecule is COC(=O)Nc1ccc2c(c1)NCCCCC[C@H](NC(=O)/C=C/c1c(-n3cnnn3)ccc(Cl)c1F)c1nc-2c(C#N)[nH]1. The first kappa shape index (κ1) is 29.2. The fourth-order valence-corrected chi connectivity index (χ4v) is 4.86. The fourth-order valence-electron chi connectivity index (χ4n) is 4.69. The molecule has 2 amide bonds. The minimum Gasteiger partial charge on any atom is -0.453 e.